The average Bonchev–Trinajstić information content (AvgIpc) is 2.86. The van der Waals surface area contributed by atoms with E-state index in [1.807, 2.05) is 30.3 Å². The molecular formula is C19H22ClN3O3. The molecule has 0 aliphatic heterocycles. The fraction of sp³-hybridized carbons (Fsp3) is 0.316. The number of halogens is 1. The molecule has 1 unspecified atom stereocenters. The number of carbonyl (C=O) groups is 2. The Labute approximate surface area is 157 Å². The van der Waals surface area contributed by atoms with Gasteiger partial charge in [-0.3, -0.25) is 9.48 Å². The van der Waals surface area contributed by atoms with Gasteiger partial charge in [0, 0.05) is 25.2 Å². The summed E-state index contributed by atoms with van der Waals surface area (Å²) in [5, 5.41) is 7.34. The van der Waals surface area contributed by atoms with Crippen molar-refractivity contribution in [2.24, 2.45) is 7.05 Å². The van der Waals surface area contributed by atoms with E-state index in [2.05, 4.69) is 10.4 Å². The minimum absolute atomic E-state index is 0.335. The molecule has 7 heteroatoms. The van der Waals surface area contributed by atoms with E-state index < -0.39 is 12.1 Å². The van der Waals surface area contributed by atoms with Crippen LogP contribution in [0.5, 0.6) is 0 Å². The smallest absolute Gasteiger partial charge is 0.331 e. The van der Waals surface area contributed by atoms with Gasteiger partial charge in [0.1, 0.15) is 5.15 Å². The number of benzene rings is 1. The highest BCUT2D eigenvalue weighted by molar-refractivity contribution is 6.31. The zero-order valence-corrected chi connectivity index (χ0v) is 15.8. The van der Waals surface area contributed by atoms with Crippen molar-refractivity contribution in [3.05, 3.63) is 58.4 Å². The molecule has 2 aromatic rings. The van der Waals surface area contributed by atoms with E-state index in [9.17, 15) is 9.59 Å². The van der Waals surface area contributed by atoms with Gasteiger partial charge in [0.2, 0.25) is 0 Å². The molecule has 0 radical (unpaired) electrons. The maximum absolute atomic E-state index is 12.0. The standard InChI is InChI=1S/C19H22ClN3O3/c1-13-16(18(20)23(3)22-13)9-10-17(24)26-14(2)19(25)21-12-11-15-7-5-4-6-8-15/h4-10,14H,11-12H2,1-3H3,(H,21,25)/b10-9+. The average molecular weight is 376 g/mol. The maximum atomic E-state index is 12.0. The van der Waals surface area contributed by atoms with E-state index in [1.165, 1.54) is 23.8 Å². The molecule has 0 bridgehead atoms. The third kappa shape index (κ3) is 5.46. The van der Waals surface area contributed by atoms with Crippen LogP contribution in [0.1, 0.15) is 23.7 Å². The Morgan fingerprint density at radius 3 is 2.65 bits per heavy atom. The molecule has 0 fully saturated rings. The Morgan fingerprint density at radius 1 is 1.35 bits per heavy atom. The number of ether oxygens (including phenoxy) is 1. The van der Waals surface area contributed by atoms with Gasteiger partial charge >= 0.3 is 5.97 Å². The molecule has 0 saturated carbocycles. The first kappa shape index (κ1) is 19.7. The number of carbonyl (C=O) groups excluding carboxylic acids is 2. The normalized spacial score (nSPS) is 12.2. The Morgan fingerprint density at radius 2 is 2.04 bits per heavy atom. The zero-order chi connectivity index (χ0) is 19.1. The number of aromatic nitrogens is 2. The van der Waals surface area contributed by atoms with Gasteiger partial charge in [-0.25, -0.2) is 4.79 Å². The number of rotatable bonds is 7. The van der Waals surface area contributed by atoms with Crippen molar-refractivity contribution in [3.8, 4) is 0 Å². The highest BCUT2D eigenvalue weighted by Gasteiger charge is 2.16. The Hall–Kier alpha value is -2.60. The third-order valence-corrected chi connectivity index (χ3v) is 4.25. The quantitative estimate of drug-likeness (QED) is 0.596. The number of hydrogen-bond acceptors (Lipinski definition) is 4. The number of amides is 1. The molecule has 6 nitrogen and oxygen atoms in total. The Balaban J connectivity index is 1.80. The molecule has 2 rings (SSSR count). The van der Waals surface area contributed by atoms with E-state index in [0.29, 0.717) is 29.4 Å². The van der Waals surface area contributed by atoms with Crippen LogP contribution in [0, 0.1) is 6.92 Å². The van der Waals surface area contributed by atoms with E-state index in [-0.39, 0.29) is 5.91 Å². The van der Waals surface area contributed by atoms with Crippen molar-refractivity contribution in [2.45, 2.75) is 26.4 Å². The van der Waals surface area contributed by atoms with Crippen molar-refractivity contribution in [1.82, 2.24) is 15.1 Å². The van der Waals surface area contributed by atoms with Gasteiger partial charge in [0.05, 0.1) is 5.69 Å². The second-order valence-corrected chi connectivity index (χ2v) is 6.21. The highest BCUT2D eigenvalue weighted by Crippen LogP contribution is 2.20. The zero-order valence-electron chi connectivity index (χ0n) is 15.0. The number of esters is 1. The fourth-order valence-electron chi connectivity index (χ4n) is 2.37. The summed E-state index contributed by atoms with van der Waals surface area (Å²) in [5.41, 5.74) is 2.48. The summed E-state index contributed by atoms with van der Waals surface area (Å²) in [7, 11) is 1.72. The van der Waals surface area contributed by atoms with Gasteiger partial charge in [-0.15, -0.1) is 0 Å². The molecule has 0 aliphatic carbocycles. The molecule has 0 aliphatic rings. The van der Waals surface area contributed by atoms with E-state index in [1.54, 1.807) is 14.0 Å². The lowest BCUT2D eigenvalue weighted by Gasteiger charge is -2.12. The van der Waals surface area contributed by atoms with Crippen LogP contribution in [0.3, 0.4) is 0 Å². The first-order chi connectivity index (χ1) is 12.4. The van der Waals surface area contributed by atoms with Crippen molar-refractivity contribution in [3.63, 3.8) is 0 Å². The predicted octanol–water partition coefficient (Wildman–Crippen LogP) is 2.69. The van der Waals surface area contributed by atoms with E-state index in [0.717, 1.165) is 5.56 Å². The number of nitrogens with zero attached hydrogens (tertiary/aromatic N) is 2. The lowest BCUT2D eigenvalue weighted by Crippen LogP contribution is -2.36. The van der Waals surface area contributed by atoms with Gasteiger partial charge in [0.25, 0.3) is 5.91 Å². The molecule has 26 heavy (non-hydrogen) atoms. The minimum Gasteiger partial charge on any atom is -0.449 e. The van der Waals surface area contributed by atoms with Crippen LogP contribution in [-0.4, -0.2) is 34.3 Å². The fourth-order valence-corrected chi connectivity index (χ4v) is 2.61. The van der Waals surface area contributed by atoms with Gasteiger partial charge < -0.3 is 10.1 Å². The number of aryl methyl sites for hydroxylation is 2. The summed E-state index contributed by atoms with van der Waals surface area (Å²) < 4.78 is 6.63. The largest absolute Gasteiger partial charge is 0.449 e. The molecule has 1 aromatic carbocycles. The SMILES string of the molecule is Cc1nn(C)c(Cl)c1/C=C/C(=O)OC(C)C(=O)NCCc1ccccc1. The summed E-state index contributed by atoms with van der Waals surface area (Å²) in [6, 6.07) is 9.82. The Bertz CT molecular complexity index is 800. The van der Waals surface area contributed by atoms with Crippen LogP contribution in [0.25, 0.3) is 6.08 Å². The summed E-state index contributed by atoms with van der Waals surface area (Å²) in [5.74, 6) is -0.951. The van der Waals surface area contributed by atoms with Gasteiger partial charge in [0.15, 0.2) is 6.10 Å². The number of hydrogen-bond donors (Lipinski definition) is 1. The predicted molar refractivity (Wildman–Crippen MR) is 101 cm³/mol. The molecular weight excluding hydrogens is 354 g/mol. The van der Waals surface area contributed by atoms with Gasteiger partial charge in [-0.1, -0.05) is 41.9 Å². The van der Waals surface area contributed by atoms with Crippen LogP contribution in [-0.2, 0) is 27.8 Å². The molecule has 0 spiro atoms. The van der Waals surface area contributed by atoms with Gasteiger partial charge in [-0.05, 0) is 31.9 Å². The minimum atomic E-state index is -0.881. The molecule has 1 N–H and O–H groups in total. The lowest BCUT2D eigenvalue weighted by atomic mass is 10.1. The van der Waals surface area contributed by atoms with Crippen LogP contribution in [0.4, 0.5) is 0 Å². The summed E-state index contributed by atoms with van der Waals surface area (Å²) >= 11 is 6.09. The van der Waals surface area contributed by atoms with Crippen LogP contribution in [0.2, 0.25) is 5.15 Å². The van der Waals surface area contributed by atoms with Crippen LogP contribution in [0.15, 0.2) is 36.4 Å². The van der Waals surface area contributed by atoms with Crippen molar-refractivity contribution in [1.29, 1.82) is 0 Å². The lowest BCUT2D eigenvalue weighted by molar-refractivity contribution is -0.150. The molecule has 1 atom stereocenters. The monoisotopic (exact) mass is 375 g/mol. The highest BCUT2D eigenvalue weighted by atomic mass is 35.5. The van der Waals surface area contributed by atoms with E-state index >= 15 is 0 Å². The van der Waals surface area contributed by atoms with Gasteiger partial charge in [-0.2, -0.15) is 5.10 Å². The number of nitrogens with one attached hydrogen (secondary N) is 1. The maximum Gasteiger partial charge on any atom is 0.331 e. The third-order valence-electron chi connectivity index (χ3n) is 3.80. The molecule has 0 saturated heterocycles. The molecule has 1 amide bonds. The molecule has 138 valence electrons. The first-order valence-corrected chi connectivity index (χ1v) is 8.65. The van der Waals surface area contributed by atoms with Crippen LogP contribution < -0.4 is 5.32 Å². The second-order valence-electron chi connectivity index (χ2n) is 5.85. The molecule has 1 heterocycles. The Kier molecular flexibility index (Phi) is 6.97. The first-order valence-electron chi connectivity index (χ1n) is 8.28. The second kappa shape index (κ2) is 9.20. The summed E-state index contributed by atoms with van der Waals surface area (Å²) in [4.78, 5) is 23.9. The topological polar surface area (TPSA) is 73.2 Å². The van der Waals surface area contributed by atoms with E-state index in [4.69, 9.17) is 16.3 Å². The van der Waals surface area contributed by atoms with Crippen LogP contribution >= 0.6 is 11.6 Å². The summed E-state index contributed by atoms with van der Waals surface area (Å²) in [6.45, 7) is 3.80. The summed E-state index contributed by atoms with van der Waals surface area (Å²) in [6.07, 6.45) is 2.61. The van der Waals surface area contributed by atoms with Crippen molar-refractivity contribution >= 4 is 29.6 Å². The van der Waals surface area contributed by atoms with Crippen molar-refractivity contribution in [2.75, 3.05) is 6.54 Å². The molecule has 1 aromatic heterocycles. The van der Waals surface area contributed by atoms with Crippen molar-refractivity contribution < 1.29 is 14.3 Å².